The third kappa shape index (κ3) is 21.1. The summed E-state index contributed by atoms with van der Waals surface area (Å²) >= 11 is 0. The van der Waals surface area contributed by atoms with Gasteiger partial charge in [0.15, 0.2) is 16.9 Å². The summed E-state index contributed by atoms with van der Waals surface area (Å²) in [6, 6.07) is 47.4. The molecule has 0 bridgehead atoms. The zero-order valence-corrected chi connectivity index (χ0v) is 54.6. The first-order valence-corrected chi connectivity index (χ1v) is 33.1. The Balaban J connectivity index is 0.000000110. The normalized spacial score (nSPS) is 13.1. The van der Waals surface area contributed by atoms with Gasteiger partial charge in [-0.15, -0.1) is 0 Å². The second kappa shape index (κ2) is 38.0. The SMILES string of the molecule is c1cnc2c(c1)CCC2.c1cnc2c(c1)CCCC2.c1cnc2c(c1)CCN2.c1cnc2c(c1)CCNCC2.c1cnc2c(c1)CNCC2.c1cnc2cccnc2c1.c1cnc2ccncc2c1.c1cnc2ccoc2c1.c1cnc2nccnc2c1.c1cnc2ncncc2c1. The lowest BCUT2D eigenvalue weighted by molar-refractivity contribution is 0.615. The third-order valence-corrected chi connectivity index (χ3v) is 16.0. The molecule has 15 aromatic heterocycles. The Morgan fingerprint density at radius 1 is 0.286 bits per heavy atom. The molecule has 2 aliphatic carbocycles. The molecule has 0 radical (unpaired) electrons. The minimum Gasteiger partial charge on any atom is -0.463 e. The number of nitrogens with zero attached hydrogens (tertiary/aromatic N) is 16. The number of fused-ring (bicyclic) bond motifs is 10. The first kappa shape index (κ1) is 67.7. The minimum atomic E-state index is 0.699. The van der Waals surface area contributed by atoms with Crippen molar-refractivity contribution in [3.63, 3.8) is 0 Å². The van der Waals surface area contributed by atoms with Gasteiger partial charge in [0.05, 0.1) is 22.8 Å². The van der Waals surface area contributed by atoms with E-state index in [1.807, 2.05) is 152 Å². The first-order valence-electron chi connectivity index (χ1n) is 33.1. The highest BCUT2D eigenvalue weighted by Crippen LogP contribution is 2.20. The molecule has 18 heterocycles. The molecular formula is C78H77N19O. The molecule has 20 heteroatoms. The van der Waals surface area contributed by atoms with Gasteiger partial charge in [-0.2, -0.15) is 0 Å². The van der Waals surface area contributed by atoms with E-state index in [1.165, 1.54) is 102 Å². The summed E-state index contributed by atoms with van der Waals surface area (Å²) in [6.45, 7) is 5.28. The quantitative estimate of drug-likeness (QED) is 0.127. The van der Waals surface area contributed by atoms with Crippen LogP contribution in [0, 0.1) is 0 Å². The summed E-state index contributed by atoms with van der Waals surface area (Å²) in [5.74, 6) is 1.07. The van der Waals surface area contributed by atoms with E-state index in [9.17, 15) is 0 Å². The Morgan fingerprint density at radius 2 is 0.765 bits per heavy atom. The number of pyridine rings is 12. The van der Waals surface area contributed by atoms with Crippen molar-refractivity contribution < 1.29 is 4.42 Å². The predicted octanol–water partition coefficient (Wildman–Crippen LogP) is 13.2. The van der Waals surface area contributed by atoms with Crippen LogP contribution in [0.3, 0.4) is 0 Å². The van der Waals surface area contributed by atoms with Gasteiger partial charge in [-0.1, -0.05) is 30.3 Å². The third-order valence-electron chi connectivity index (χ3n) is 16.0. The molecule has 0 saturated heterocycles. The van der Waals surface area contributed by atoms with E-state index in [0.717, 1.165) is 114 Å². The number of aromatic nitrogens is 16. The molecule has 15 aromatic rings. The van der Waals surface area contributed by atoms with Crippen molar-refractivity contribution >= 4 is 61.1 Å². The van der Waals surface area contributed by atoms with E-state index in [1.54, 1.807) is 68.2 Å². The number of aryl methyl sites for hydroxylation is 4. The Kier molecular flexibility index (Phi) is 26.2. The number of hydrogen-bond donors (Lipinski definition) is 3. The summed E-state index contributed by atoms with van der Waals surface area (Å²) < 4.78 is 5.06. The molecule has 20 rings (SSSR count). The maximum atomic E-state index is 5.06. The average Bonchev–Trinajstić information content (AvgIpc) is 2.12. The van der Waals surface area contributed by atoms with Crippen molar-refractivity contribution in [2.45, 2.75) is 77.2 Å². The van der Waals surface area contributed by atoms with Crippen molar-refractivity contribution in [3.05, 3.63) is 308 Å². The van der Waals surface area contributed by atoms with E-state index >= 15 is 0 Å². The van der Waals surface area contributed by atoms with E-state index in [-0.39, 0.29) is 0 Å². The molecule has 0 fully saturated rings. The summed E-state index contributed by atoms with van der Waals surface area (Å²) in [6.07, 6.45) is 44.8. The molecule has 5 aliphatic rings. The highest BCUT2D eigenvalue weighted by atomic mass is 16.3. The molecule has 490 valence electrons. The standard InChI is InChI=1S/C9H12N2.C9H11N.C8H6N2.C8H10N2.C8H6N2.C8H9N.2C7H5N3.C7H8N2.C7H5NO/c1-2-8-3-6-10-7-4-9(8)11-5-1;1-2-6-9-8(4-1)5-3-7-10-9;1-3-7-8(9-5-1)4-2-6-10-7;2*1-2-7-6-9-5-3-8(7)10-4-1;1-3-7-4-2-6-9-8(7)5-1;1-2-6-4-8-5-10-7(6)9-3-1;1-2-6-7(9-3-1)10-5-4-8-6;1-2-6-3-5-9-7(6)8-4-1;1-2-7-6(8-4-1)3-5-9-7/h1-2,5,10H,3-4,6-7H2;3,5,7H,1-2,4,6H2;1-6H;1-2,4,9H,3,5-6H2;1-6H;2,4,6H,1,3,5H2;2*1-5H;1-2,4H,3,5H2,(H,8,9);1-5H. The molecule has 0 atom stereocenters. The average molecular weight is 1300 g/mol. The van der Waals surface area contributed by atoms with Gasteiger partial charge in [0.25, 0.3) is 0 Å². The van der Waals surface area contributed by atoms with Gasteiger partial charge >= 0.3 is 0 Å². The highest BCUT2D eigenvalue weighted by molar-refractivity contribution is 5.77. The van der Waals surface area contributed by atoms with Gasteiger partial charge in [0.2, 0.25) is 0 Å². The molecule has 0 spiro atoms. The van der Waals surface area contributed by atoms with Crippen molar-refractivity contribution in [2.75, 3.05) is 31.5 Å². The maximum Gasteiger partial charge on any atom is 0.178 e. The molecule has 0 unspecified atom stereocenters. The lowest BCUT2D eigenvalue weighted by Gasteiger charge is -2.14. The molecule has 0 saturated carbocycles. The summed E-state index contributed by atoms with van der Waals surface area (Å²) in [5, 5.41) is 11.9. The van der Waals surface area contributed by atoms with Gasteiger partial charge in [0.1, 0.15) is 23.2 Å². The maximum absolute atomic E-state index is 5.06. The van der Waals surface area contributed by atoms with E-state index in [4.69, 9.17) is 4.42 Å². The molecule has 0 amide bonds. The smallest absolute Gasteiger partial charge is 0.178 e. The number of hydrogen-bond acceptors (Lipinski definition) is 20. The van der Waals surface area contributed by atoms with Crippen LogP contribution in [0.15, 0.2) is 262 Å². The Morgan fingerprint density at radius 3 is 1.44 bits per heavy atom. The lowest BCUT2D eigenvalue weighted by atomic mass is 9.96. The van der Waals surface area contributed by atoms with Crippen LogP contribution in [-0.2, 0) is 57.9 Å². The minimum absolute atomic E-state index is 0.699. The molecule has 20 nitrogen and oxygen atoms in total. The van der Waals surface area contributed by atoms with Crippen LogP contribution < -0.4 is 16.0 Å². The van der Waals surface area contributed by atoms with Gasteiger partial charge < -0.3 is 20.4 Å². The van der Waals surface area contributed by atoms with Crippen LogP contribution in [0.2, 0.25) is 0 Å². The monoisotopic (exact) mass is 1300 g/mol. The largest absolute Gasteiger partial charge is 0.463 e. The Labute approximate surface area is 569 Å². The zero-order valence-electron chi connectivity index (χ0n) is 54.6. The summed E-state index contributed by atoms with van der Waals surface area (Å²) in [4.78, 5) is 65.7. The van der Waals surface area contributed by atoms with E-state index in [0.29, 0.717) is 5.65 Å². The fourth-order valence-electron chi connectivity index (χ4n) is 11.0. The molecule has 0 aromatic carbocycles. The second-order valence-electron chi connectivity index (χ2n) is 22.6. The number of furan rings is 1. The predicted molar refractivity (Wildman–Crippen MR) is 385 cm³/mol. The first-order chi connectivity index (χ1) is 48.7. The molecule has 3 aliphatic heterocycles. The second-order valence-corrected chi connectivity index (χ2v) is 22.6. The van der Waals surface area contributed by atoms with Crippen LogP contribution in [0.5, 0.6) is 0 Å². The van der Waals surface area contributed by atoms with Crippen molar-refractivity contribution in [1.29, 1.82) is 0 Å². The number of rotatable bonds is 0. The van der Waals surface area contributed by atoms with E-state index in [2.05, 4.69) is 126 Å². The Bertz CT molecular complexity index is 4050. The molecule has 3 N–H and O–H groups in total. The van der Waals surface area contributed by atoms with Crippen LogP contribution in [0.4, 0.5) is 5.82 Å². The lowest BCUT2D eigenvalue weighted by Crippen LogP contribution is -2.24. The molecular weight excluding hydrogens is 1220 g/mol. The number of anilines is 1. The fraction of sp³-hybridized carbons (Fsp3) is 0.205. The van der Waals surface area contributed by atoms with Crippen molar-refractivity contribution in [1.82, 2.24) is 90.4 Å². The highest BCUT2D eigenvalue weighted by Gasteiger charge is 2.11. The summed E-state index contributed by atoms with van der Waals surface area (Å²) in [7, 11) is 0. The van der Waals surface area contributed by atoms with Gasteiger partial charge in [-0.3, -0.25) is 49.8 Å². The fourth-order valence-corrected chi connectivity index (χ4v) is 11.0. The molecule has 98 heavy (non-hydrogen) atoms. The van der Waals surface area contributed by atoms with Crippen LogP contribution >= 0.6 is 0 Å². The van der Waals surface area contributed by atoms with E-state index < -0.39 is 0 Å². The van der Waals surface area contributed by atoms with Gasteiger partial charge in [-0.25, -0.2) is 29.9 Å². The Hall–Kier alpha value is -11.7. The topological polar surface area (TPSA) is 255 Å². The van der Waals surface area contributed by atoms with Crippen LogP contribution in [0.1, 0.15) is 69.9 Å². The van der Waals surface area contributed by atoms with Crippen LogP contribution in [-0.4, -0.2) is 106 Å². The van der Waals surface area contributed by atoms with Crippen molar-refractivity contribution in [2.24, 2.45) is 0 Å². The summed E-state index contributed by atoms with van der Waals surface area (Å²) in [5.41, 5.74) is 19.2. The number of nitrogens with one attached hydrogen (secondary N) is 3. The zero-order chi connectivity index (χ0) is 66.7. The van der Waals surface area contributed by atoms with Crippen LogP contribution in [0.25, 0.3) is 55.2 Å². The van der Waals surface area contributed by atoms with Gasteiger partial charge in [-0.05, 0) is 201 Å². The van der Waals surface area contributed by atoms with Crippen molar-refractivity contribution in [3.8, 4) is 0 Å². The van der Waals surface area contributed by atoms with Gasteiger partial charge in [0, 0.05) is 178 Å².